The molecule has 4 heteroatoms. The van der Waals surface area contributed by atoms with Crippen LogP contribution >= 0.6 is 15.9 Å². The highest BCUT2D eigenvalue weighted by Gasteiger charge is 2.18. The Hall–Kier alpha value is -0.580. The molecule has 0 saturated heterocycles. The number of nitrogens with one attached hydrogen (secondary N) is 1. The molecule has 0 bridgehead atoms. The lowest BCUT2D eigenvalue weighted by molar-refractivity contribution is 0.166. The van der Waals surface area contributed by atoms with Crippen molar-refractivity contribution in [3.8, 4) is 5.75 Å². The molecule has 1 N–H and O–H groups in total. The van der Waals surface area contributed by atoms with E-state index in [1.807, 2.05) is 7.05 Å². The average molecular weight is 314 g/mol. The van der Waals surface area contributed by atoms with Crippen LogP contribution in [0.5, 0.6) is 5.75 Å². The van der Waals surface area contributed by atoms with Crippen molar-refractivity contribution < 1.29 is 9.47 Å². The number of halogens is 1. The van der Waals surface area contributed by atoms with E-state index < -0.39 is 0 Å². The summed E-state index contributed by atoms with van der Waals surface area (Å²) in [5.74, 6) is 1.10. The molecule has 18 heavy (non-hydrogen) atoms. The molecule has 1 aliphatic rings. The highest BCUT2D eigenvalue weighted by atomic mass is 79.9. The zero-order valence-electron chi connectivity index (χ0n) is 11.0. The summed E-state index contributed by atoms with van der Waals surface area (Å²) < 4.78 is 12.1. The molecule has 0 radical (unpaired) electrons. The van der Waals surface area contributed by atoms with Crippen molar-refractivity contribution in [1.82, 2.24) is 5.32 Å². The van der Waals surface area contributed by atoms with Gasteiger partial charge in [0, 0.05) is 24.0 Å². The monoisotopic (exact) mass is 313 g/mol. The van der Waals surface area contributed by atoms with E-state index in [9.17, 15) is 0 Å². The fraction of sp³-hybridized carbons (Fsp3) is 0.571. The van der Waals surface area contributed by atoms with Crippen molar-refractivity contribution in [1.29, 1.82) is 0 Å². The van der Waals surface area contributed by atoms with E-state index >= 15 is 0 Å². The molecule has 0 spiro atoms. The third kappa shape index (κ3) is 3.25. The first-order valence-electron chi connectivity index (χ1n) is 6.35. The molecule has 0 amide bonds. The summed E-state index contributed by atoms with van der Waals surface area (Å²) in [6.07, 6.45) is 3.09. The number of hydrogen-bond acceptors (Lipinski definition) is 3. The highest BCUT2D eigenvalue weighted by molar-refractivity contribution is 9.10. The number of rotatable bonds is 6. The third-order valence-electron chi connectivity index (χ3n) is 3.36. The zero-order valence-corrected chi connectivity index (χ0v) is 12.5. The van der Waals surface area contributed by atoms with Gasteiger partial charge in [0.1, 0.15) is 5.75 Å². The molecule has 3 nitrogen and oxygen atoms in total. The SMILES string of the molecule is CNC(CCc1cc(Br)cc2c1OCC2)COC. The van der Waals surface area contributed by atoms with Gasteiger partial charge in [-0.3, -0.25) is 0 Å². The van der Waals surface area contributed by atoms with Gasteiger partial charge < -0.3 is 14.8 Å². The molecule has 1 aromatic carbocycles. The molecule has 1 unspecified atom stereocenters. The van der Waals surface area contributed by atoms with Gasteiger partial charge in [-0.25, -0.2) is 0 Å². The Morgan fingerprint density at radius 2 is 2.33 bits per heavy atom. The van der Waals surface area contributed by atoms with E-state index in [0.717, 1.165) is 42.7 Å². The van der Waals surface area contributed by atoms with Crippen LogP contribution in [0.1, 0.15) is 17.5 Å². The van der Waals surface area contributed by atoms with Gasteiger partial charge in [-0.2, -0.15) is 0 Å². The fourth-order valence-electron chi connectivity index (χ4n) is 2.37. The fourth-order valence-corrected chi connectivity index (χ4v) is 2.93. The van der Waals surface area contributed by atoms with E-state index in [1.54, 1.807) is 7.11 Å². The number of benzene rings is 1. The molecular weight excluding hydrogens is 294 g/mol. The number of hydrogen-bond donors (Lipinski definition) is 1. The lowest BCUT2D eigenvalue weighted by Gasteiger charge is -2.16. The van der Waals surface area contributed by atoms with Gasteiger partial charge in [0.15, 0.2) is 0 Å². The first-order chi connectivity index (χ1) is 8.74. The standard InChI is InChI=1S/C14H20BrNO2/c1-16-13(9-17-2)4-3-10-7-12(15)8-11-5-6-18-14(10)11/h7-8,13,16H,3-6,9H2,1-2H3. The van der Waals surface area contributed by atoms with Crippen molar-refractivity contribution in [2.45, 2.75) is 25.3 Å². The average Bonchev–Trinajstić information content (AvgIpc) is 2.82. The van der Waals surface area contributed by atoms with Gasteiger partial charge >= 0.3 is 0 Å². The van der Waals surface area contributed by atoms with Crippen LogP contribution in [0.4, 0.5) is 0 Å². The second-order valence-corrected chi connectivity index (χ2v) is 5.55. The maximum atomic E-state index is 5.74. The predicted molar refractivity (Wildman–Crippen MR) is 76.4 cm³/mol. The van der Waals surface area contributed by atoms with Crippen molar-refractivity contribution in [3.63, 3.8) is 0 Å². The lowest BCUT2D eigenvalue weighted by Crippen LogP contribution is -2.30. The molecule has 1 atom stereocenters. The second kappa shape index (κ2) is 6.55. The minimum absolute atomic E-state index is 0.394. The van der Waals surface area contributed by atoms with Crippen molar-refractivity contribution in [3.05, 3.63) is 27.7 Å². The number of fused-ring (bicyclic) bond motifs is 1. The van der Waals surface area contributed by atoms with Gasteiger partial charge in [0.2, 0.25) is 0 Å². The lowest BCUT2D eigenvalue weighted by atomic mass is 10.0. The van der Waals surface area contributed by atoms with Crippen LogP contribution in [0.3, 0.4) is 0 Å². The first kappa shape index (κ1) is 13.8. The number of aryl methyl sites for hydroxylation is 1. The normalized spacial score (nSPS) is 15.3. The van der Waals surface area contributed by atoms with E-state index in [2.05, 4.69) is 33.4 Å². The Labute approximate surface area is 117 Å². The number of methoxy groups -OCH3 is 1. The van der Waals surface area contributed by atoms with Gasteiger partial charge in [0.25, 0.3) is 0 Å². The van der Waals surface area contributed by atoms with Crippen LogP contribution < -0.4 is 10.1 Å². The second-order valence-electron chi connectivity index (χ2n) is 4.63. The largest absolute Gasteiger partial charge is 0.493 e. The van der Waals surface area contributed by atoms with Crippen molar-refractivity contribution in [2.24, 2.45) is 0 Å². The minimum atomic E-state index is 0.394. The Kier molecular flexibility index (Phi) is 5.03. The van der Waals surface area contributed by atoms with Crippen LogP contribution in [0.25, 0.3) is 0 Å². The Balaban J connectivity index is 2.05. The summed E-state index contributed by atoms with van der Waals surface area (Å²) in [6, 6.07) is 4.73. The predicted octanol–water partition coefficient (Wildman–Crippen LogP) is 2.55. The van der Waals surface area contributed by atoms with Crippen LogP contribution in [0.15, 0.2) is 16.6 Å². The quantitative estimate of drug-likeness (QED) is 0.875. The van der Waals surface area contributed by atoms with Crippen molar-refractivity contribution in [2.75, 3.05) is 27.4 Å². The summed E-state index contributed by atoms with van der Waals surface area (Å²) >= 11 is 3.57. The smallest absolute Gasteiger partial charge is 0.125 e. The molecule has 1 aliphatic heterocycles. The molecule has 1 aromatic rings. The number of ether oxygens (including phenoxy) is 2. The summed E-state index contributed by atoms with van der Waals surface area (Å²) in [7, 11) is 3.72. The van der Waals surface area contributed by atoms with Crippen LogP contribution in [-0.2, 0) is 17.6 Å². The Bertz CT molecular complexity index is 409. The first-order valence-corrected chi connectivity index (χ1v) is 7.14. The summed E-state index contributed by atoms with van der Waals surface area (Å²) in [6.45, 7) is 1.56. The molecule has 0 saturated carbocycles. The Morgan fingerprint density at radius 3 is 3.06 bits per heavy atom. The topological polar surface area (TPSA) is 30.5 Å². The maximum absolute atomic E-state index is 5.74. The molecule has 2 rings (SSSR count). The summed E-state index contributed by atoms with van der Waals surface area (Å²) in [4.78, 5) is 0. The highest BCUT2D eigenvalue weighted by Crippen LogP contribution is 2.33. The van der Waals surface area contributed by atoms with Crippen LogP contribution in [0, 0.1) is 0 Å². The van der Waals surface area contributed by atoms with E-state index in [1.165, 1.54) is 11.1 Å². The maximum Gasteiger partial charge on any atom is 0.125 e. The zero-order chi connectivity index (χ0) is 13.0. The van der Waals surface area contributed by atoms with Gasteiger partial charge in [0.05, 0.1) is 13.2 Å². The number of likely N-dealkylation sites (N-methyl/N-ethyl adjacent to an activating group) is 1. The van der Waals surface area contributed by atoms with E-state index in [-0.39, 0.29) is 0 Å². The van der Waals surface area contributed by atoms with Gasteiger partial charge in [-0.15, -0.1) is 0 Å². The Morgan fingerprint density at radius 1 is 1.50 bits per heavy atom. The molecular formula is C14H20BrNO2. The molecule has 0 aliphatic carbocycles. The van der Waals surface area contributed by atoms with Crippen LogP contribution in [0.2, 0.25) is 0 Å². The van der Waals surface area contributed by atoms with Gasteiger partial charge in [-0.05, 0) is 43.1 Å². The molecule has 0 aromatic heterocycles. The summed E-state index contributed by atoms with van der Waals surface area (Å²) in [5, 5.41) is 3.28. The molecule has 100 valence electrons. The van der Waals surface area contributed by atoms with Gasteiger partial charge in [-0.1, -0.05) is 15.9 Å². The van der Waals surface area contributed by atoms with E-state index in [0.29, 0.717) is 6.04 Å². The minimum Gasteiger partial charge on any atom is -0.493 e. The molecule has 0 fully saturated rings. The molecule has 1 heterocycles. The summed E-state index contributed by atoms with van der Waals surface area (Å²) in [5.41, 5.74) is 2.63. The van der Waals surface area contributed by atoms with E-state index in [4.69, 9.17) is 9.47 Å². The van der Waals surface area contributed by atoms with Crippen LogP contribution in [-0.4, -0.2) is 33.4 Å². The third-order valence-corrected chi connectivity index (χ3v) is 3.82. The van der Waals surface area contributed by atoms with Crippen molar-refractivity contribution >= 4 is 15.9 Å².